The molecule has 0 unspecified atom stereocenters. The van der Waals surface area contributed by atoms with E-state index in [0.717, 1.165) is 22.2 Å². The van der Waals surface area contributed by atoms with Crippen LogP contribution >= 0.6 is 0 Å². The summed E-state index contributed by atoms with van der Waals surface area (Å²) >= 11 is -0.336. The average molecular weight is 545 g/mol. The van der Waals surface area contributed by atoms with Gasteiger partial charge in [0.2, 0.25) is 0 Å². The summed E-state index contributed by atoms with van der Waals surface area (Å²) in [5.74, 6) is 1.07. The number of methoxy groups -OCH3 is 1. The normalized spacial score (nSPS) is 13.7. The van der Waals surface area contributed by atoms with Gasteiger partial charge in [0.15, 0.2) is 0 Å². The maximum atomic E-state index is 13.4. The molecule has 0 bridgehead atoms. The van der Waals surface area contributed by atoms with Gasteiger partial charge in [-0.25, -0.2) is 4.39 Å². The van der Waals surface area contributed by atoms with Crippen LogP contribution < -0.4 is 31.5 Å². The van der Waals surface area contributed by atoms with E-state index < -0.39 is 0 Å². The van der Waals surface area contributed by atoms with Crippen LogP contribution in [0.4, 0.5) is 10.2 Å². The Morgan fingerprint density at radius 1 is 1.03 bits per heavy atom. The van der Waals surface area contributed by atoms with Crippen LogP contribution in [0, 0.1) is 5.82 Å². The van der Waals surface area contributed by atoms with Crippen LogP contribution in [-0.2, 0) is 4.74 Å². The fourth-order valence-electron chi connectivity index (χ4n) is 3.17. The van der Waals surface area contributed by atoms with Gasteiger partial charge in [-0.05, 0) is 0 Å². The summed E-state index contributed by atoms with van der Waals surface area (Å²) in [6.07, 6.45) is 5.65. The van der Waals surface area contributed by atoms with Gasteiger partial charge in [-0.3, -0.25) is 0 Å². The molecule has 3 aromatic rings. The van der Waals surface area contributed by atoms with Gasteiger partial charge in [-0.1, -0.05) is 0 Å². The number of fused-ring (bicyclic) bond motifs is 1. The Hall–Kier alpha value is -2.85. The number of benzene rings is 2. The zero-order valence-corrected chi connectivity index (χ0v) is 20.0. The molecule has 0 atom stereocenters. The first-order valence-corrected chi connectivity index (χ1v) is 12.3. The van der Waals surface area contributed by atoms with Crippen molar-refractivity contribution < 1.29 is 35.3 Å². The van der Waals surface area contributed by atoms with E-state index >= 15 is 0 Å². The first-order valence-electron chi connectivity index (χ1n) is 10.1. The Balaban J connectivity index is 1.70. The zero-order valence-electron chi connectivity index (χ0n) is 17.8. The number of rotatable bonds is 8. The third-order valence-corrected chi connectivity index (χ3v) is 6.91. The van der Waals surface area contributed by atoms with Gasteiger partial charge in [0.25, 0.3) is 0 Å². The van der Waals surface area contributed by atoms with Crippen molar-refractivity contribution in [3.63, 3.8) is 0 Å². The Morgan fingerprint density at radius 2 is 1.88 bits per heavy atom. The summed E-state index contributed by atoms with van der Waals surface area (Å²) in [5.41, 5.74) is 4.72. The molecule has 1 N–H and O–H groups in total. The molecule has 6 nitrogen and oxygen atoms in total. The summed E-state index contributed by atoms with van der Waals surface area (Å²) < 4.78 is 31.3. The number of aromatic nitrogens is 2. The van der Waals surface area contributed by atoms with Crippen molar-refractivity contribution in [3.05, 3.63) is 70.4 Å². The molecule has 1 aliphatic heterocycles. The molecular weight excluding hydrogens is 522 g/mol. The third-order valence-electron chi connectivity index (χ3n) is 4.80. The molecule has 166 valence electrons. The first-order chi connectivity index (χ1) is 15.6. The predicted octanol–water partition coefficient (Wildman–Crippen LogP) is 1.79. The minimum atomic E-state index is -0.336. The molecule has 32 heavy (non-hydrogen) atoms. The Bertz CT molecular complexity index is 1190. The van der Waals surface area contributed by atoms with Gasteiger partial charge >= 0.3 is 186 Å². The van der Waals surface area contributed by atoms with Gasteiger partial charge < -0.3 is 0 Å². The second-order valence-corrected chi connectivity index (χ2v) is 8.80. The second-order valence-electron chi connectivity index (χ2n) is 7.14. The molecule has 2 heterocycles. The predicted molar refractivity (Wildman–Crippen MR) is 121 cm³/mol. The quantitative estimate of drug-likeness (QED) is 0.346. The Labute approximate surface area is 196 Å². The summed E-state index contributed by atoms with van der Waals surface area (Å²) in [7, 11) is 1.63. The van der Waals surface area contributed by atoms with Gasteiger partial charge in [0.05, 0.1) is 0 Å². The van der Waals surface area contributed by atoms with Crippen LogP contribution in [0.1, 0.15) is 6.92 Å². The van der Waals surface area contributed by atoms with E-state index in [0.29, 0.717) is 36.8 Å². The molecule has 0 radical (unpaired) electrons. The number of nitrogens with zero attached hydrogens (tertiary/aromatic N) is 3. The van der Waals surface area contributed by atoms with Crippen molar-refractivity contribution in [2.45, 2.75) is 6.92 Å². The van der Waals surface area contributed by atoms with E-state index in [2.05, 4.69) is 28.6 Å². The Kier molecular flexibility index (Phi) is 7.43. The number of ether oxygens (including phenoxy) is 2. The van der Waals surface area contributed by atoms with E-state index in [1.807, 2.05) is 25.1 Å². The topological polar surface area (TPSA) is 68.6 Å². The van der Waals surface area contributed by atoms with Crippen molar-refractivity contribution in [2.24, 2.45) is 3.21 Å². The fraction of sp³-hybridized carbons (Fsp3) is 0.208. The van der Waals surface area contributed by atoms with Gasteiger partial charge in [-0.2, -0.15) is 0 Å². The fourth-order valence-corrected chi connectivity index (χ4v) is 4.69. The van der Waals surface area contributed by atoms with Gasteiger partial charge in [0, 0.05) is 7.11 Å². The van der Waals surface area contributed by atoms with Crippen molar-refractivity contribution in [1.29, 1.82) is 0 Å². The molecule has 1 aliphatic rings. The number of anilines is 1. The average Bonchev–Trinajstić information content (AvgIpc) is 3.02. The van der Waals surface area contributed by atoms with Gasteiger partial charge in [-0.15, -0.1) is 0 Å². The van der Waals surface area contributed by atoms with E-state index in [9.17, 15) is 4.39 Å². The number of hydrogen-bond acceptors (Lipinski definition) is 6. The van der Waals surface area contributed by atoms with Crippen molar-refractivity contribution >= 4 is 22.4 Å². The SMILES string of the molecule is COCCOc1cc(-c2ccc(F)cc2)cc2c(NCC3=C[I-]N=C(C)C=C3)ncnc12. The minimum absolute atomic E-state index is 0.274. The number of nitrogens with one attached hydrogen (secondary N) is 1. The van der Waals surface area contributed by atoms with Crippen molar-refractivity contribution in [2.75, 3.05) is 32.2 Å². The van der Waals surface area contributed by atoms with Gasteiger partial charge in [0.1, 0.15) is 0 Å². The molecule has 4 rings (SSSR count). The van der Waals surface area contributed by atoms with Crippen LogP contribution in [-0.4, -0.2) is 42.5 Å². The van der Waals surface area contributed by atoms with E-state index in [-0.39, 0.29) is 27.3 Å². The van der Waals surface area contributed by atoms with Crippen LogP contribution in [0.5, 0.6) is 5.75 Å². The molecule has 2 aromatic carbocycles. The van der Waals surface area contributed by atoms with E-state index in [4.69, 9.17) is 9.47 Å². The standard InChI is InChI=1S/C24H23FIN4O2/c1-16-3-4-17(13-26-30-16)14-27-24-21-11-19(18-5-7-20(25)8-6-18)12-22(32-10-9-31-2)23(21)28-15-29-24/h3-8,11-13,15H,9-10,14H2,1-2H3,(H,27,28,29)/q-1. The molecule has 0 aliphatic carbocycles. The second kappa shape index (κ2) is 10.6. The summed E-state index contributed by atoms with van der Waals surface area (Å²) in [5, 5.41) is 4.27. The molecule has 8 heteroatoms. The molecule has 0 saturated carbocycles. The monoisotopic (exact) mass is 545 g/mol. The molecule has 0 saturated heterocycles. The summed E-state index contributed by atoms with van der Waals surface area (Å²) in [4.78, 5) is 8.95. The van der Waals surface area contributed by atoms with E-state index in [1.54, 1.807) is 19.2 Å². The summed E-state index contributed by atoms with van der Waals surface area (Å²) in [6.45, 7) is 3.50. The van der Waals surface area contributed by atoms with Crippen LogP contribution in [0.25, 0.3) is 22.0 Å². The Morgan fingerprint density at radius 3 is 2.69 bits per heavy atom. The molecule has 0 amide bonds. The number of hydrogen-bond donors (Lipinski definition) is 1. The summed E-state index contributed by atoms with van der Waals surface area (Å²) in [6, 6.07) is 10.3. The van der Waals surface area contributed by atoms with Crippen molar-refractivity contribution in [3.8, 4) is 16.9 Å². The van der Waals surface area contributed by atoms with Crippen LogP contribution in [0.15, 0.2) is 67.7 Å². The van der Waals surface area contributed by atoms with Crippen LogP contribution in [0.2, 0.25) is 0 Å². The van der Waals surface area contributed by atoms with E-state index in [1.165, 1.54) is 24.0 Å². The molecule has 0 fully saturated rings. The number of allylic oxidation sites excluding steroid dienone is 1. The van der Waals surface area contributed by atoms with Crippen molar-refractivity contribution in [1.82, 2.24) is 9.97 Å². The number of halogens is 2. The molecular formula is C24H23FIN4O2-. The molecule has 1 aromatic heterocycles. The van der Waals surface area contributed by atoms with Crippen LogP contribution in [0.3, 0.4) is 0 Å². The maximum absolute atomic E-state index is 13.4. The first kappa shape index (κ1) is 22.3. The zero-order chi connectivity index (χ0) is 22.3. The molecule has 0 spiro atoms. The third kappa shape index (κ3) is 5.49.